The van der Waals surface area contributed by atoms with E-state index in [0.29, 0.717) is 19.6 Å². The lowest BCUT2D eigenvalue weighted by Crippen LogP contribution is -2.56. The third-order valence-corrected chi connectivity index (χ3v) is 3.33. The molecule has 0 aliphatic heterocycles. The van der Waals surface area contributed by atoms with Crippen LogP contribution in [0.15, 0.2) is 0 Å². The summed E-state index contributed by atoms with van der Waals surface area (Å²) >= 11 is 0. The number of carbonyl (C=O) groups excluding carboxylic acids is 1. The summed E-state index contributed by atoms with van der Waals surface area (Å²) in [4.78, 5) is 22.0. The van der Waals surface area contributed by atoms with E-state index in [4.69, 9.17) is 9.84 Å². The minimum Gasteiger partial charge on any atom is -0.481 e. The minimum atomic E-state index is -0.840. The smallest absolute Gasteiger partial charge is 0.315 e. The summed E-state index contributed by atoms with van der Waals surface area (Å²) < 4.78 is 5.04. The highest BCUT2D eigenvalue weighted by atomic mass is 16.5. The Kier molecular flexibility index (Phi) is 5.91. The van der Waals surface area contributed by atoms with Gasteiger partial charge in [0.25, 0.3) is 0 Å². The Labute approximate surface area is 107 Å². The molecule has 0 radical (unpaired) electrons. The molecule has 0 bridgehead atoms. The van der Waals surface area contributed by atoms with E-state index in [9.17, 15) is 9.59 Å². The lowest BCUT2D eigenvalue weighted by Gasteiger charge is -2.42. The van der Waals surface area contributed by atoms with Crippen molar-refractivity contribution >= 4 is 12.0 Å². The van der Waals surface area contributed by atoms with Gasteiger partial charge in [0, 0.05) is 32.2 Å². The number of ether oxygens (including phenoxy) is 1. The van der Waals surface area contributed by atoms with Crippen molar-refractivity contribution in [1.82, 2.24) is 10.6 Å². The van der Waals surface area contributed by atoms with Gasteiger partial charge in [-0.1, -0.05) is 0 Å². The monoisotopic (exact) mass is 258 g/mol. The van der Waals surface area contributed by atoms with Crippen LogP contribution in [0.25, 0.3) is 0 Å². The molecule has 104 valence electrons. The summed E-state index contributed by atoms with van der Waals surface area (Å²) in [7, 11) is 1.65. The van der Waals surface area contributed by atoms with E-state index in [1.165, 1.54) is 0 Å². The van der Waals surface area contributed by atoms with E-state index in [-0.39, 0.29) is 18.0 Å². The van der Waals surface area contributed by atoms with E-state index in [2.05, 4.69) is 10.6 Å². The molecule has 1 aliphatic carbocycles. The molecule has 3 N–H and O–H groups in total. The summed E-state index contributed by atoms with van der Waals surface area (Å²) in [5, 5.41) is 14.1. The lowest BCUT2D eigenvalue weighted by molar-refractivity contribution is -0.137. The molecular weight excluding hydrogens is 236 g/mol. The Morgan fingerprint density at radius 1 is 1.39 bits per heavy atom. The lowest BCUT2D eigenvalue weighted by atomic mass is 9.74. The van der Waals surface area contributed by atoms with Crippen molar-refractivity contribution in [3.8, 4) is 0 Å². The molecule has 0 heterocycles. The molecule has 6 heteroatoms. The number of rotatable bonds is 8. The molecule has 0 atom stereocenters. The molecule has 1 aliphatic rings. The van der Waals surface area contributed by atoms with E-state index in [1.54, 1.807) is 7.11 Å². The average Bonchev–Trinajstić information content (AvgIpc) is 2.27. The van der Waals surface area contributed by atoms with E-state index < -0.39 is 5.97 Å². The molecule has 6 nitrogen and oxygen atoms in total. The predicted molar refractivity (Wildman–Crippen MR) is 66.5 cm³/mol. The molecule has 2 amide bonds. The van der Waals surface area contributed by atoms with Gasteiger partial charge >= 0.3 is 12.0 Å². The van der Waals surface area contributed by atoms with Crippen LogP contribution in [0, 0.1) is 0 Å². The molecule has 0 spiro atoms. The highest BCUT2D eigenvalue weighted by molar-refractivity contribution is 5.75. The van der Waals surface area contributed by atoms with Gasteiger partial charge in [0.15, 0.2) is 0 Å². The first-order valence-corrected chi connectivity index (χ1v) is 6.35. The SMILES string of the molecule is COCCC1(NC(=O)NCCCC(=O)O)CCC1. The number of carboxylic acids is 1. The summed E-state index contributed by atoms with van der Waals surface area (Å²) in [5.74, 6) is -0.840. The zero-order chi connectivity index (χ0) is 13.4. The quantitative estimate of drug-likeness (QED) is 0.569. The van der Waals surface area contributed by atoms with Crippen molar-refractivity contribution in [2.75, 3.05) is 20.3 Å². The van der Waals surface area contributed by atoms with Crippen molar-refractivity contribution in [3.63, 3.8) is 0 Å². The van der Waals surface area contributed by atoms with E-state index >= 15 is 0 Å². The van der Waals surface area contributed by atoms with Crippen molar-refractivity contribution in [3.05, 3.63) is 0 Å². The maximum atomic E-state index is 11.6. The Hall–Kier alpha value is -1.30. The first kappa shape index (κ1) is 14.8. The van der Waals surface area contributed by atoms with Gasteiger partial charge in [-0.25, -0.2) is 4.79 Å². The van der Waals surface area contributed by atoms with Crippen LogP contribution in [-0.4, -0.2) is 42.9 Å². The molecule has 1 fully saturated rings. The van der Waals surface area contributed by atoms with Crippen LogP contribution in [-0.2, 0) is 9.53 Å². The fourth-order valence-corrected chi connectivity index (χ4v) is 2.07. The number of carbonyl (C=O) groups is 2. The zero-order valence-electron chi connectivity index (χ0n) is 10.8. The number of amides is 2. The Morgan fingerprint density at radius 3 is 2.61 bits per heavy atom. The molecule has 18 heavy (non-hydrogen) atoms. The third kappa shape index (κ3) is 4.91. The Morgan fingerprint density at radius 2 is 2.11 bits per heavy atom. The maximum absolute atomic E-state index is 11.6. The van der Waals surface area contributed by atoms with Gasteiger partial charge in [-0.3, -0.25) is 4.79 Å². The van der Waals surface area contributed by atoms with Crippen LogP contribution in [0.4, 0.5) is 4.79 Å². The number of hydrogen-bond donors (Lipinski definition) is 3. The van der Waals surface area contributed by atoms with Crippen LogP contribution in [0.2, 0.25) is 0 Å². The Balaban J connectivity index is 2.19. The van der Waals surface area contributed by atoms with Gasteiger partial charge in [-0.05, 0) is 32.1 Å². The molecular formula is C12H22N2O4. The number of urea groups is 1. The van der Waals surface area contributed by atoms with Gasteiger partial charge in [0.1, 0.15) is 0 Å². The van der Waals surface area contributed by atoms with Gasteiger partial charge < -0.3 is 20.5 Å². The van der Waals surface area contributed by atoms with E-state index in [0.717, 1.165) is 25.7 Å². The molecule has 0 aromatic carbocycles. The normalized spacial score (nSPS) is 16.7. The Bertz CT molecular complexity index is 290. The zero-order valence-corrected chi connectivity index (χ0v) is 10.8. The summed E-state index contributed by atoms with van der Waals surface area (Å²) in [5.41, 5.74) is -0.118. The van der Waals surface area contributed by atoms with Gasteiger partial charge in [-0.15, -0.1) is 0 Å². The standard InChI is InChI=1S/C12H22N2O4/c1-18-9-7-12(5-3-6-12)14-11(17)13-8-2-4-10(15)16/h2-9H2,1H3,(H,15,16)(H2,13,14,17). The minimum absolute atomic E-state index is 0.0785. The molecule has 1 rings (SSSR count). The highest BCUT2D eigenvalue weighted by Crippen LogP contribution is 2.34. The first-order valence-electron chi connectivity index (χ1n) is 6.35. The molecule has 1 saturated carbocycles. The predicted octanol–water partition coefficient (Wildman–Crippen LogP) is 1.11. The summed E-state index contributed by atoms with van der Waals surface area (Å²) in [6.45, 7) is 1.03. The molecule has 0 aromatic rings. The van der Waals surface area contributed by atoms with Gasteiger partial charge in [0.05, 0.1) is 0 Å². The van der Waals surface area contributed by atoms with Crippen molar-refractivity contribution in [2.24, 2.45) is 0 Å². The van der Waals surface area contributed by atoms with Gasteiger partial charge in [0.2, 0.25) is 0 Å². The number of methoxy groups -OCH3 is 1. The number of nitrogens with one attached hydrogen (secondary N) is 2. The average molecular weight is 258 g/mol. The van der Waals surface area contributed by atoms with Crippen LogP contribution in [0.1, 0.15) is 38.5 Å². The highest BCUT2D eigenvalue weighted by Gasteiger charge is 2.37. The van der Waals surface area contributed by atoms with Crippen molar-refractivity contribution in [2.45, 2.75) is 44.1 Å². The summed E-state index contributed by atoms with van der Waals surface area (Å²) in [6.07, 6.45) is 4.45. The van der Waals surface area contributed by atoms with Crippen LogP contribution < -0.4 is 10.6 Å². The fraction of sp³-hybridized carbons (Fsp3) is 0.833. The molecule has 0 aromatic heterocycles. The molecule has 0 saturated heterocycles. The van der Waals surface area contributed by atoms with E-state index in [1.807, 2.05) is 0 Å². The van der Waals surface area contributed by atoms with Crippen LogP contribution in [0.3, 0.4) is 0 Å². The number of aliphatic carboxylic acids is 1. The van der Waals surface area contributed by atoms with Crippen LogP contribution >= 0.6 is 0 Å². The van der Waals surface area contributed by atoms with Crippen molar-refractivity contribution in [1.29, 1.82) is 0 Å². The second-order valence-electron chi connectivity index (χ2n) is 4.75. The first-order chi connectivity index (χ1) is 8.58. The largest absolute Gasteiger partial charge is 0.481 e. The maximum Gasteiger partial charge on any atom is 0.315 e. The number of hydrogen-bond acceptors (Lipinski definition) is 3. The van der Waals surface area contributed by atoms with Gasteiger partial charge in [-0.2, -0.15) is 0 Å². The van der Waals surface area contributed by atoms with Crippen LogP contribution in [0.5, 0.6) is 0 Å². The summed E-state index contributed by atoms with van der Waals surface area (Å²) in [6, 6.07) is -0.212. The number of carboxylic acid groups (broad SMARTS) is 1. The molecule has 0 unspecified atom stereocenters. The second kappa shape index (κ2) is 7.20. The topological polar surface area (TPSA) is 87.7 Å². The third-order valence-electron chi connectivity index (χ3n) is 3.33. The fourth-order valence-electron chi connectivity index (χ4n) is 2.07. The second-order valence-corrected chi connectivity index (χ2v) is 4.75. The van der Waals surface area contributed by atoms with Crippen molar-refractivity contribution < 1.29 is 19.4 Å².